The first-order chi connectivity index (χ1) is 9.51. The van der Waals surface area contributed by atoms with Gasteiger partial charge in [0.25, 0.3) is 11.6 Å². The molecule has 9 heteroatoms. The lowest BCUT2D eigenvalue weighted by atomic mass is 10.2. The number of alkyl halides is 1. The van der Waals surface area contributed by atoms with Gasteiger partial charge in [-0.25, -0.2) is 4.98 Å². The van der Waals surface area contributed by atoms with Gasteiger partial charge in [0.15, 0.2) is 5.13 Å². The van der Waals surface area contributed by atoms with Crippen LogP contribution in [0.3, 0.4) is 0 Å². The largest absolute Gasteiger partial charge is 0.298 e. The Hall–Kier alpha value is -1.70. The number of carbonyl (C=O) groups is 1. The number of amides is 1. The molecule has 0 saturated heterocycles. The van der Waals surface area contributed by atoms with Gasteiger partial charge < -0.3 is 0 Å². The van der Waals surface area contributed by atoms with E-state index in [2.05, 4.69) is 10.3 Å². The molecular formula is C11H7Cl2N3O3S. The first kappa shape index (κ1) is 14.7. The van der Waals surface area contributed by atoms with Crippen molar-refractivity contribution in [1.29, 1.82) is 0 Å². The van der Waals surface area contributed by atoms with Crippen molar-refractivity contribution in [3.63, 3.8) is 0 Å². The van der Waals surface area contributed by atoms with Crippen molar-refractivity contribution in [2.24, 2.45) is 0 Å². The minimum atomic E-state index is -0.595. The highest BCUT2D eigenvalue weighted by molar-refractivity contribution is 7.14. The number of carbonyl (C=O) groups excluding carboxylic acids is 1. The summed E-state index contributed by atoms with van der Waals surface area (Å²) in [6.07, 6.45) is 0. The Bertz CT molecular complexity index is 675. The van der Waals surface area contributed by atoms with E-state index < -0.39 is 10.8 Å². The fourth-order valence-electron chi connectivity index (χ4n) is 1.39. The van der Waals surface area contributed by atoms with Gasteiger partial charge in [-0.1, -0.05) is 11.6 Å². The van der Waals surface area contributed by atoms with Crippen molar-refractivity contribution in [2.45, 2.75) is 5.88 Å². The molecule has 0 atom stereocenters. The smallest absolute Gasteiger partial charge is 0.270 e. The number of non-ortho nitro benzene ring substituents is 1. The number of thiazole rings is 1. The normalized spacial score (nSPS) is 10.3. The third-order valence-electron chi connectivity index (χ3n) is 2.31. The van der Waals surface area contributed by atoms with Crippen molar-refractivity contribution in [3.05, 3.63) is 50.0 Å². The molecule has 0 fully saturated rings. The van der Waals surface area contributed by atoms with E-state index in [1.165, 1.54) is 23.5 Å². The maximum atomic E-state index is 12.0. The maximum absolute atomic E-state index is 12.0. The van der Waals surface area contributed by atoms with Gasteiger partial charge in [0.1, 0.15) is 0 Å². The molecular weight excluding hydrogens is 325 g/mol. The molecule has 0 aliphatic heterocycles. The number of anilines is 1. The summed E-state index contributed by atoms with van der Waals surface area (Å²) in [5, 5.41) is 15.4. The zero-order chi connectivity index (χ0) is 14.7. The molecule has 2 rings (SSSR count). The number of aromatic nitrogens is 1. The van der Waals surface area contributed by atoms with Crippen molar-refractivity contribution in [3.8, 4) is 0 Å². The summed E-state index contributed by atoms with van der Waals surface area (Å²) in [6.45, 7) is 0. The van der Waals surface area contributed by atoms with Crippen LogP contribution in [-0.2, 0) is 5.88 Å². The van der Waals surface area contributed by atoms with E-state index in [1.807, 2.05) is 0 Å². The summed E-state index contributed by atoms with van der Waals surface area (Å²) in [5.41, 5.74) is 0.445. The summed E-state index contributed by atoms with van der Waals surface area (Å²) < 4.78 is 0. The highest BCUT2D eigenvalue weighted by Gasteiger charge is 2.17. The van der Waals surface area contributed by atoms with Crippen molar-refractivity contribution in [2.75, 3.05) is 5.32 Å². The fraction of sp³-hybridized carbons (Fsp3) is 0.0909. The highest BCUT2D eigenvalue weighted by Crippen LogP contribution is 2.24. The van der Waals surface area contributed by atoms with Crippen molar-refractivity contribution < 1.29 is 9.72 Å². The number of nitro groups is 1. The van der Waals surface area contributed by atoms with E-state index in [0.29, 0.717) is 10.8 Å². The summed E-state index contributed by atoms with van der Waals surface area (Å²) in [5.74, 6) is -0.321. The van der Waals surface area contributed by atoms with Crippen molar-refractivity contribution in [1.82, 2.24) is 4.98 Å². The molecule has 0 spiro atoms. The molecule has 0 bridgehead atoms. The third-order valence-corrected chi connectivity index (χ3v) is 3.72. The van der Waals surface area contributed by atoms with Gasteiger partial charge in [0, 0.05) is 17.5 Å². The number of rotatable bonds is 4. The highest BCUT2D eigenvalue weighted by atomic mass is 35.5. The van der Waals surface area contributed by atoms with Crippen LogP contribution in [0.4, 0.5) is 10.8 Å². The van der Waals surface area contributed by atoms with Crippen LogP contribution < -0.4 is 5.32 Å². The van der Waals surface area contributed by atoms with Gasteiger partial charge in [-0.2, -0.15) is 0 Å². The number of hydrogen-bond donors (Lipinski definition) is 1. The molecule has 104 valence electrons. The number of benzene rings is 1. The van der Waals surface area contributed by atoms with Gasteiger partial charge in [-0.3, -0.25) is 20.2 Å². The predicted octanol–water partition coefficient (Wildman–Crippen LogP) is 3.70. The second-order valence-electron chi connectivity index (χ2n) is 3.65. The minimum absolute atomic E-state index is 0.0171. The minimum Gasteiger partial charge on any atom is -0.298 e. The summed E-state index contributed by atoms with van der Waals surface area (Å²) in [7, 11) is 0. The molecule has 1 aromatic carbocycles. The SMILES string of the molecule is O=C(Nc1nc(CCl)cs1)c1cc([N+](=O)[O-])ccc1Cl. The lowest BCUT2D eigenvalue weighted by Crippen LogP contribution is -2.12. The Morgan fingerprint density at radius 3 is 2.85 bits per heavy atom. The monoisotopic (exact) mass is 331 g/mol. The first-order valence-electron chi connectivity index (χ1n) is 5.27. The van der Waals surface area contributed by atoms with Gasteiger partial charge in [-0.05, 0) is 6.07 Å². The van der Waals surface area contributed by atoms with E-state index in [-0.39, 0.29) is 22.2 Å². The van der Waals surface area contributed by atoms with Gasteiger partial charge in [-0.15, -0.1) is 22.9 Å². The van der Waals surface area contributed by atoms with Gasteiger partial charge in [0.2, 0.25) is 0 Å². The maximum Gasteiger partial charge on any atom is 0.270 e. The van der Waals surface area contributed by atoms with Gasteiger partial charge in [0.05, 0.1) is 27.1 Å². The Morgan fingerprint density at radius 1 is 1.50 bits per heavy atom. The Labute approximate surface area is 127 Å². The zero-order valence-electron chi connectivity index (χ0n) is 9.80. The predicted molar refractivity (Wildman–Crippen MR) is 77.7 cm³/mol. The Morgan fingerprint density at radius 2 is 2.25 bits per heavy atom. The molecule has 6 nitrogen and oxygen atoms in total. The number of hydrogen-bond acceptors (Lipinski definition) is 5. The molecule has 0 aliphatic carbocycles. The third kappa shape index (κ3) is 3.24. The fourth-order valence-corrected chi connectivity index (χ4v) is 2.53. The molecule has 0 aliphatic rings. The zero-order valence-corrected chi connectivity index (χ0v) is 12.1. The van der Waals surface area contributed by atoms with Crippen molar-refractivity contribution >= 4 is 51.3 Å². The lowest BCUT2D eigenvalue weighted by Gasteiger charge is -2.03. The summed E-state index contributed by atoms with van der Waals surface area (Å²) >= 11 is 12.7. The van der Waals surface area contributed by atoms with E-state index in [0.717, 1.165) is 6.07 Å². The van der Waals surface area contributed by atoms with Crippen LogP contribution in [0, 0.1) is 10.1 Å². The Balaban J connectivity index is 2.24. The number of nitrogens with zero attached hydrogens (tertiary/aromatic N) is 2. The standard InChI is InChI=1S/C11H7Cl2N3O3S/c12-4-6-5-20-11(14-6)15-10(17)8-3-7(16(18)19)1-2-9(8)13/h1-3,5H,4H2,(H,14,15,17). The molecule has 0 unspecified atom stereocenters. The molecule has 2 aromatic rings. The second kappa shape index (κ2) is 6.17. The van der Waals surface area contributed by atoms with E-state index >= 15 is 0 Å². The van der Waals surface area contributed by atoms with Gasteiger partial charge >= 0.3 is 0 Å². The molecule has 1 aromatic heterocycles. The molecule has 1 N–H and O–H groups in total. The topological polar surface area (TPSA) is 85.1 Å². The molecule has 1 amide bonds. The van der Waals surface area contributed by atoms with Crippen LogP contribution in [0.1, 0.15) is 16.1 Å². The summed E-state index contributed by atoms with van der Waals surface area (Å²) in [4.78, 5) is 26.2. The van der Waals surface area contributed by atoms with Crippen LogP contribution in [0.15, 0.2) is 23.6 Å². The van der Waals surface area contributed by atoms with Crippen LogP contribution in [0.25, 0.3) is 0 Å². The molecule has 1 heterocycles. The quantitative estimate of drug-likeness (QED) is 0.525. The number of nitrogens with one attached hydrogen (secondary N) is 1. The Kier molecular flexibility index (Phi) is 4.53. The molecule has 20 heavy (non-hydrogen) atoms. The second-order valence-corrected chi connectivity index (χ2v) is 5.19. The number of nitro benzene ring substituents is 1. The molecule has 0 radical (unpaired) electrons. The first-order valence-corrected chi connectivity index (χ1v) is 7.06. The number of halogens is 2. The van der Waals surface area contributed by atoms with E-state index in [1.54, 1.807) is 5.38 Å². The summed E-state index contributed by atoms with van der Waals surface area (Å²) in [6, 6.07) is 3.66. The average Bonchev–Trinajstić information content (AvgIpc) is 2.86. The van der Waals surface area contributed by atoms with Crippen LogP contribution in [0.2, 0.25) is 5.02 Å². The van der Waals surface area contributed by atoms with Crippen LogP contribution in [-0.4, -0.2) is 15.8 Å². The lowest BCUT2D eigenvalue weighted by molar-refractivity contribution is -0.384. The average molecular weight is 332 g/mol. The van der Waals surface area contributed by atoms with E-state index in [4.69, 9.17) is 23.2 Å². The van der Waals surface area contributed by atoms with Crippen LogP contribution in [0.5, 0.6) is 0 Å². The molecule has 0 saturated carbocycles. The van der Waals surface area contributed by atoms with E-state index in [9.17, 15) is 14.9 Å². The van der Waals surface area contributed by atoms with Crippen LogP contribution >= 0.6 is 34.5 Å².